The van der Waals surface area contributed by atoms with Gasteiger partial charge in [-0.2, -0.15) is 0 Å². The summed E-state index contributed by atoms with van der Waals surface area (Å²) in [6, 6.07) is 6.01. The number of Topliss-reactive ketones (excluding diaryl/α,β-unsaturated/α-hetero) is 1. The second-order valence-electron chi connectivity index (χ2n) is 4.03. The summed E-state index contributed by atoms with van der Waals surface area (Å²) in [7, 11) is -3.56. The third-order valence-corrected chi connectivity index (χ3v) is 3.97. The van der Waals surface area contributed by atoms with Gasteiger partial charge in [0.1, 0.15) is 0 Å². The van der Waals surface area contributed by atoms with E-state index in [0.29, 0.717) is 31.7 Å². The van der Waals surface area contributed by atoms with Crippen LogP contribution in [0.3, 0.4) is 0 Å². The molecule has 0 aromatic heterocycles. The summed E-state index contributed by atoms with van der Waals surface area (Å²) in [6.45, 7) is 4.74. The van der Waals surface area contributed by atoms with Crippen LogP contribution in [0.1, 0.15) is 30.6 Å². The van der Waals surface area contributed by atoms with Crippen LogP contribution in [0.25, 0.3) is 0 Å². The Bertz CT molecular complexity index is 525. The van der Waals surface area contributed by atoms with E-state index in [1.165, 1.54) is 19.1 Å². The van der Waals surface area contributed by atoms with Crippen LogP contribution in [-0.2, 0) is 14.8 Å². The maximum absolute atomic E-state index is 12.0. The van der Waals surface area contributed by atoms with E-state index in [0.717, 1.165) is 0 Å². The molecule has 0 spiro atoms. The van der Waals surface area contributed by atoms with E-state index in [1.54, 1.807) is 12.1 Å². The van der Waals surface area contributed by atoms with E-state index >= 15 is 0 Å². The van der Waals surface area contributed by atoms with Crippen molar-refractivity contribution in [2.45, 2.75) is 25.2 Å². The van der Waals surface area contributed by atoms with Crippen molar-refractivity contribution in [2.75, 3.05) is 19.8 Å². The normalized spacial score (nSPS) is 11.5. The van der Waals surface area contributed by atoms with Crippen LogP contribution in [0.5, 0.6) is 0 Å². The van der Waals surface area contributed by atoms with E-state index in [9.17, 15) is 13.2 Å². The number of nitrogens with one attached hydrogen (secondary N) is 1. The van der Waals surface area contributed by atoms with Gasteiger partial charge in [-0.15, -0.1) is 0 Å². The van der Waals surface area contributed by atoms with Gasteiger partial charge in [0.2, 0.25) is 10.0 Å². The SMILES string of the molecule is CCOCCCNS(=O)(=O)c1cccc(C(C)=O)c1. The Morgan fingerprint density at radius 3 is 2.74 bits per heavy atom. The maximum Gasteiger partial charge on any atom is 0.240 e. The van der Waals surface area contributed by atoms with Gasteiger partial charge in [0.25, 0.3) is 0 Å². The van der Waals surface area contributed by atoms with Gasteiger partial charge < -0.3 is 4.74 Å². The lowest BCUT2D eigenvalue weighted by Gasteiger charge is -2.07. The van der Waals surface area contributed by atoms with Crippen molar-refractivity contribution < 1.29 is 17.9 Å². The summed E-state index contributed by atoms with van der Waals surface area (Å²) in [4.78, 5) is 11.3. The first kappa shape index (κ1) is 15.8. The van der Waals surface area contributed by atoms with Gasteiger partial charge in [-0.1, -0.05) is 12.1 Å². The smallest absolute Gasteiger partial charge is 0.240 e. The van der Waals surface area contributed by atoms with Crippen LogP contribution >= 0.6 is 0 Å². The quantitative estimate of drug-likeness (QED) is 0.581. The third-order valence-electron chi connectivity index (χ3n) is 2.51. The minimum absolute atomic E-state index is 0.108. The van der Waals surface area contributed by atoms with Crippen molar-refractivity contribution in [3.05, 3.63) is 29.8 Å². The highest BCUT2D eigenvalue weighted by Crippen LogP contribution is 2.11. The number of sulfonamides is 1. The molecule has 0 atom stereocenters. The van der Waals surface area contributed by atoms with Gasteiger partial charge in [0, 0.05) is 25.3 Å². The highest BCUT2D eigenvalue weighted by molar-refractivity contribution is 7.89. The number of benzene rings is 1. The molecule has 0 fully saturated rings. The number of hydrogen-bond acceptors (Lipinski definition) is 4. The summed E-state index contributed by atoms with van der Waals surface area (Å²) in [5.74, 6) is -0.159. The van der Waals surface area contributed by atoms with Crippen LogP contribution in [0.15, 0.2) is 29.2 Å². The predicted octanol–water partition coefficient (Wildman–Crippen LogP) is 1.59. The molecule has 19 heavy (non-hydrogen) atoms. The first-order chi connectivity index (χ1) is 8.97. The van der Waals surface area contributed by atoms with Crippen molar-refractivity contribution >= 4 is 15.8 Å². The molecule has 0 amide bonds. The zero-order valence-corrected chi connectivity index (χ0v) is 12.0. The molecular formula is C13H19NO4S. The lowest BCUT2D eigenvalue weighted by atomic mass is 10.2. The summed E-state index contributed by atoms with van der Waals surface area (Å²) in [5.41, 5.74) is 0.386. The molecule has 0 radical (unpaired) electrons. The molecule has 0 saturated heterocycles. The average molecular weight is 285 g/mol. The number of rotatable bonds is 8. The molecule has 6 heteroatoms. The van der Waals surface area contributed by atoms with E-state index < -0.39 is 10.0 Å². The Labute approximate surface area is 114 Å². The topological polar surface area (TPSA) is 72.5 Å². The molecule has 1 aromatic carbocycles. The van der Waals surface area contributed by atoms with Crippen molar-refractivity contribution in [3.8, 4) is 0 Å². The second-order valence-corrected chi connectivity index (χ2v) is 5.80. The number of carbonyl (C=O) groups excluding carboxylic acids is 1. The molecule has 5 nitrogen and oxygen atoms in total. The van der Waals surface area contributed by atoms with E-state index in [2.05, 4.69) is 4.72 Å². The van der Waals surface area contributed by atoms with Crippen LogP contribution in [-0.4, -0.2) is 34.0 Å². The third kappa shape index (κ3) is 5.10. The van der Waals surface area contributed by atoms with Crippen LogP contribution in [0.2, 0.25) is 0 Å². The van der Waals surface area contributed by atoms with Gasteiger partial charge in [-0.25, -0.2) is 13.1 Å². The van der Waals surface area contributed by atoms with Gasteiger partial charge in [0.15, 0.2) is 5.78 Å². The highest BCUT2D eigenvalue weighted by atomic mass is 32.2. The van der Waals surface area contributed by atoms with E-state index in [1.807, 2.05) is 6.92 Å². The van der Waals surface area contributed by atoms with Crippen LogP contribution in [0, 0.1) is 0 Å². The molecule has 0 aliphatic carbocycles. The largest absolute Gasteiger partial charge is 0.382 e. The number of ketones is 1. The Balaban J connectivity index is 2.66. The van der Waals surface area contributed by atoms with E-state index in [4.69, 9.17) is 4.74 Å². The highest BCUT2D eigenvalue weighted by Gasteiger charge is 2.14. The molecule has 0 unspecified atom stereocenters. The lowest BCUT2D eigenvalue weighted by Crippen LogP contribution is -2.25. The Morgan fingerprint density at radius 2 is 2.11 bits per heavy atom. The zero-order chi connectivity index (χ0) is 14.3. The summed E-state index contributed by atoms with van der Waals surface area (Å²) in [6.07, 6.45) is 0.611. The Hall–Kier alpha value is -1.24. The number of carbonyl (C=O) groups is 1. The summed E-state index contributed by atoms with van der Waals surface area (Å²) >= 11 is 0. The monoisotopic (exact) mass is 285 g/mol. The number of ether oxygens (including phenoxy) is 1. The molecule has 106 valence electrons. The molecule has 0 heterocycles. The summed E-state index contributed by atoms with van der Waals surface area (Å²) < 4.78 is 31.6. The molecule has 1 aromatic rings. The molecule has 1 rings (SSSR count). The second kappa shape index (κ2) is 7.37. The predicted molar refractivity (Wildman–Crippen MR) is 72.7 cm³/mol. The van der Waals surface area contributed by atoms with Crippen LogP contribution < -0.4 is 4.72 Å². The van der Waals surface area contributed by atoms with Crippen molar-refractivity contribution in [3.63, 3.8) is 0 Å². The molecule has 0 saturated carbocycles. The first-order valence-corrected chi connectivity index (χ1v) is 7.64. The fourth-order valence-corrected chi connectivity index (χ4v) is 2.61. The fraction of sp³-hybridized carbons (Fsp3) is 0.462. The first-order valence-electron chi connectivity index (χ1n) is 6.16. The number of hydrogen-bond donors (Lipinski definition) is 1. The Kier molecular flexibility index (Phi) is 6.14. The van der Waals surface area contributed by atoms with E-state index in [-0.39, 0.29) is 10.7 Å². The molecular weight excluding hydrogens is 266 g/mol. The van der Waals surface area contributed by atoms with Crippen molar-refractivity contribution in [1.82, 2.24) is 4.72 Å². The zero-order valence-electron chi connectivity index (χ0n) is 11.2. The van der Waals surface area contributed by atoms with Gasteiger partial charge in [-0.3, -0.25) is 4.79 Å². The van der Waals surface area contributed by atoms with Gasteiger partial charge in [0.05, 0.1) is 4.90 Å². The van der Waals surface area contributed by atoms with Crippen molar-refractivity contribution in [1.29, 1.82) is 0 Å². The minimum Gasteiger partial charge on any atom is -0.382 e. The maximum atomic E-state index is 12.0. The fourth-order valence-electron chi connectivity index (χ4n) is 1.49. The molecule has 0 bridgehead atoms. The van der Waals surface area contributed by atoms with Gasteiger partial charge >= 0.3 is 0 Å². The molecule has 0 aliphatic heterocycles. The molecule has 1 N–H and O–H groups in total. The molecule has 0 aliphatic rings. The van der Waals surface area contributed by atoms with Crippen LogP contribution in [0.4, 0.5) is 0 Å². The average Bonchev–Trinajstić information content (AvgIpc) is 2.38. The lowest BCUT2D eigenvalue weighted by molar-refractivity contribution is 0.101. The van der Waals surface area contributed by atoms with Gasteiger partial charge in [-0.05, 0) is 32.4 Å². The van der Waals surface area contributed by atoms with Crippen molar-refractivity contribution in [2.24, 2.45) is 0 Å². The standard InChI is InChI=1S/C13H19NO4S/c1-3-18-9-5-8-14-19(16,17)13-7-4-6-12(10-13)11(2)15/h4,6-7,10,14H,3,5,8-9H2,1-2H3. The summed E-state index contributed by atoms with van der Waals surface area (Å²) in [5, 5.41) is 0. The Morgan fingerprint density at radius 1 is 1.37 bits per heavy atom. The minimum atomic E-state index is -3.56.